The van der Waals surface area contributed by atoms with E-state index in [0.717, 1.165) is 16.5 Å². The lowest BCUT2D eigenvalue weighted by Crippen LogP contribution is -2.54. The first-order valence-corrected chi connectivity index (χ1v) is 25.9. The molecule has 6 amide bonds. The maximum Gasteiger partial charge on any atom is 0.261 e. The number of anilines is 3. The monoisotopic (exact) mass is 1050 g/mol. The molecular weight excluding hydrogens is 996 g/mol. The van der Waals surface area contributed by atoms with E-state index in [9.17, 15) is 37.2 Å². The summed E-state index contributed by atoms with van der Waals surface area (Å²) in [7, 11) is -4.20. The van der Waals surface area contributed by atoms with Gasteiger partial charge in [0, 0.05) is 65.0 Å². The van der Waals surface area contributed by atoms with Gasteiger partial charge in [0.05, 0.1) is 88.9 Å². The number of allylic oxidation sites excluding steroid dienone is 2. The number of carbonyl (C=O) groups excluding carboxylic acids is 6. The van der Waals surface area contributed by atoms with Crippen molar-refractivity contribution in [1.29, 1.82) is 0 Å². The number of sulfonamides is 1. The van der Waals surface area contributed by atoms with E-state index in [2.05, 4.69) is 31.0 Å². The number of piperidine rings is 1. The van der Waals surface area contributed by atoms with Gasteiger partial charge in [-0.25, -0.2) is 17.8 Å². The predicted molar refractivity (Wildman–Crippen MR) is 270 cm³/mol. The van der Waals surface area contributed by atoms with Crippen LogP contribution in [0.4, 0.5) is 21.6 Å². The third kappa shape index (κ3) is 13.7. The average molecular weight is 1050 g/mol. The number of nitrogen functional groups attached to an aromatic ring is 1. The first kappa shape index (κ1) is 53.9. The van der Waals surface area contributed by atoms with Crippen molar-refractivity contribution in [1.82, 2.24) is 25.8 Å². The number of nitrogens with zero attached hydrogens (tertiary/aromatic N) is 2. The second-order valence-electron chi connectivity index (χ2n) is 17.6. The normalized spacial score (nSPS) is 17.4. The molecule has 23 heteroatoms. The molecule has 2 atom stereocenters. The van der Waals surface area contributed by atoms with Gasteiger partial charge in [0.25, 0.3) is 21.8 Å². The van der Waals surface area contributed by atoms with Gasteiger partial charge >= 0.3 is 0 Å². The van der Waals surface area contributed by atoms with Crippen molar-refractivity contribution in [3.05, 3.63) is 113 Å². The number of hydrogen-bond acceptors (Lipinski definition) is 16. The summed E-state index contributed by atoms with van der Waals surface area (Å²) in [6, 6.07) is 15.6. The molecule has 7 N–H and O–H groups in total. The molecule has 0 spiro atoms. The Balaban J connectivity index is 0.641. The van der Waals surface area contributed by atoms with Crippen LogP contribution in [0.5, 0.6) is 0 Å². The zero-order valence-electron chi connectivity index (χ0n) is 40.8. The molecule has 1 aliphatic carbocycles. The second kappa shape index (κ2) is 25.2. The number of amides is 6. The van der Waals surface area contributed by atoms with Crippen LogP contribution in [0.25, 0.3) is 22.3 Å². The number of hydrogen-bond donors (Lipinski definition) is 6. The fourth-order valence-electron chi connectivity index (χ4n) is 8.79. The number of nitrogens with two attached hydrogens (primary N) is 1. The molecule has 2 unspecified atom stereocenters. The zero-order valence-corrected chi connectivity index (χ0v) is 41.6. The van der Waals surface area contributed by atoms with Crippen LogP contribution >= 0.6 is 0 Å². The molecule has 1 aromatic heterocycles. The van der Waals surface area contributed by atoms with Gasteiger partial charge in [-0.15, -0.1) is 0 Å². The molecule has 2 saturated heterocycles. The number of likely N-dealkylation sites (tertiary alicyclic amines) is 1. The Kier molecular flexibility index (Phi) is 18.1. The molecule has 0 saturated carbocycles. The number of benzene rings is 3. The van der Waals surface area contributed by atoms with Crippen molar-refractivity contribution in [2.75, 3.05) is 94.9 Å². The number of pyridine rings is 1. The molecule has 4 heterocycles. The average Bonchev–Trinajstić information content (AvgIpc) is 3.65. The summed E-state index contributed by atoms with van der Waals surface area (Å²) >= 11 is 0. The summed E-state index contributed by atoms with van der Waals surface area (Å²) < 4.78 is 72.2. The molecule has 2 fully saturated rings. The lowest BCUT2D eigenvalue weighted by molar-refractivity contribution is -0.150. The predicted octanol–water partition coefficient (Wildman–Crippen LogP) is 3.23. The quantitative estimate of drug-likeness (QED) is 0.0389. The van der Waals surface area contributed by atoms with Crippen molar-refractivity contribution in [3.8, 4) is 22.3 Å². The van der Waals surface area contributed by atoms with Gasteiger partial charge < -0.3 is 45.4 Å². The smallest absolute Gasteiger partial charge is 0.261 e. The Morgan fingerprint density at radius 2 is 1.44 bits per heavy atom. The molecule has 396 valence electrons. The maximum atomic E-state index is 15.6. The third-order valence-electron chi connectivity index (χ3n) is 12.6. The van der Waals surface area contributed by atoms with Crippen molar-refractivity contribution in [2.45, 2.75) is 43.0 Å². The van der Waals surface area contributed by atoms with Crippen molar-refractivity contribution in [3.63, 3.8) is 0 Å². The van der Waals surface area contributed by atoms with E-state index in [1.54, 1.807) is 24.3 Å². The van der Waals surface area contributed by atoms with Gasteiger partial charge in [0.15, 0.2) is 0 Å². The van der Waals surface area contributed by atoms with E-state index in [1.807, 2.05) is 12.1 Å². The number of carbonyl (C=O) groups is 6. The van der Waals surface area contributed by atoms with Gasteiger partial charge in [0.2, 0.25) is 23.6 Å². The first-order chi connectivity index (χ1) is 36.3. The highest BCUT2D eigenvalue weighted by Gasteiger charge is 2.50. The lowest BCUT2D eigenvalue weighted by atomic mass is 9.92. The van der Waals surface area contributed by atoms with Crippen LogP contribution in [-0.2, 0) is 64.1 Å². The lowest BCUT2D eigenvalue weighted by Gasteiger charge is -2.27. The van der Waals surface area contributed by atoms with E-state index < -0.39 is 51.4 Å². The minimum atomic E-state index is -4.20. The number of nitrogens with one attached hydrogen (secondary N) is 5. The molecule has 4 aromatic rings. The van der Waals surface area contributed by atoms with E-state index >= 15 is 4.39 Å². The van der Waals surface area contributed by atoms with Crippen molar-refractivity contribution >= 4 is 62.7 Å². The Bertz CT molecular complexity index is 2990. The van der Waals surface area contributed by atoms with Gasteiger partial charge in [0.1, 0.15) is 17.7 Å². The maximum absolute atomic E-state index is 15.6. The molecule has 75 heavy (non-hydrogen) atoms. The molecule has 3 aromatic carbocycles. The minimum absolute atomic E-state index is 0.0612. The van der Waals surface area contributed by atoms with E-state index in [1.165, 1.54) is 42.6 Å². The zero-order chi connectivity index (χ0) is 52.9. The van der Waals surface area contributed by atoms with Crippen LogP contribution in [0.2, 0.25) is 0 Å². The van der Waals surface area contributed by atoms with Gasteiger partial charge in [-0.3, -0.25) is 43.7 Å². The third-order valence-corrected chi connectivity index (χ3v) is 13.9. The number of fused-ring (bicyclic) bond motifs is 2. The van der Waals surface area contributed by atoms with E-state index in [0.29, 0.717) is 118 Å². The topological polar surface area (TPSA) is 285 Å². The summed E-state index contributed by atoms with van der Waals surface area (Å²) in [5.74, 6) is -3.72. The highest BCUT2D eigenvalue weighted by molar-refractivity contribution is 7.92. The Labute approximate surface area is 431 Å². The van der Waals surface area contributed by atoms with Crippen molar-refractivity contribution in [2.24, 2.45) is 5.92 Å². The van der Waals surface area contributed by atoms with E-state index in [4.69, 9.17) is 29.4 Å². The second-order valence-corrected chi connectivity index (χ2v) is 19.3. The molecule has 4 aliphatic rings. The summed E-state index contributed by atoms with van der Waals surface area (Å²) in [6.07, 6.45) is 6.21. The minimum Gasteiger partial charge on any atom is -0.383 e. The van der Waals surface area contributed by atoms with Crippen molar-refractivity contribution < 1.29 is 65.3 Å². The summed E-state index contributed by atoms with van der Waals surface area (Å²) in [5.41, 5.74) is 10.9. The standard InChI is InChI=1S/C52H57FN8O13S/c53-42-30-37(9-11-38(42)34-29-41(48(54)57-31-34)32-4-10-39-33(28-32)14-16-56-49(39)64)75(68,69)60-36-7-5-35(6-8-36)58-46(63)15-18-70-20-22-72-24-26-74-27-25-73-23-21-71-19-17-55-43-3-1-2-40-47(43)52(67)61(51(40)66)44-12-13-45(62)59-50(44)65/h1,3-11,28-31,40,44,55,60H,2,12-27H2,(H2,54,57)(H,56,64)(H,58,63)(H,59,62,65). The van der Waals surface area contributed by atoms with Crippen LogP contribution in [0.3, 0.4) is 0 Å². The fourth-order valence-corrected chi connectivity index (χ4v) is 9.86. The molecule has 0 bridgehead atoms. The van der Waals surface area contributed by atoms with Crippen LogP contribution < -0.4 is 31.7 Å². The molecule has 0 radical (unpaired) electrons. The molecule has 8 rings (SSSR count). The number of aromatic nitrogens is 1. The van der Waals surface area contributed by atoms with Gasteiger partial charge in [-0.2, -0.15) is 0 Å². The summed E-state index contributed by atoms with van der Waals surface area (Å²) in [5, 5.41) is 10.9. The van der Waals surface area contributed by atoms with E-state index in [-0.39, 0.29) is 66.3 Å². The number of ether oxygens (including phenoxy) is 5. The number of rotatable bonds is 26. The SMILES string of the molecule is Nc1ncc(-c2ccc(S(=O)(=O)Nc3ccc(NC(=O)CCOCCOCCOCCOCCOCCNC4=C5C(=O)N(C6CCC(=O)NC6=O)C(=O)C5CC=C4)cc3)cc2F)cc1-c1ccc2c(c1)CCNC2=O. The van der Waals surface area contributed by atoms with Crippen LogP contribution in [-0.4, -0.2) is 139 Å². The summed E-state index contributed by atoms with van der Waals surface area (Å²) in [6.45, 7) is 3.98. The van der Waals surface area contributed by atoms with Gasteiger partial charge in [-0.1, -0.05) is 24.3 Å². The Hall–Kier alpha value is -7.41. The van der Waals surface area contributed by atoms with Crippen LogP contribution in [0, 0.1) is 11.7 Å². The molecule has 3 aliphatic heterocycles. The largest absolute Gasteiger partial charge is 0.383 e. The Morgan fingerprint density at radius 1 is 0.773 bits per heavy atom. The van der Waals surface area contributed by atoms with Crippen LogP contribution in [0.1, 0.15) is 41.6 Å². The summed E-state index contributed by atoms with van der Waals surface area (Å²) in [4.78, 5) is 79.9. The fraction of sp³-hybridized carbons (Fsp3) is 0.365. The number of imide groups is 2. The Morgan fingerprint density at radius 3 is 2.13 bits per heavy atom. The number of halogens is 1. The highest BCUT2D eigenvalue weighted by atomic mass is 32.2. The first-order valence-electron chi connectivity index (χ1n) is 24.4. The highest BCUT2D eigenvalue weighted by Crippen LogP contribution is 2.37. The molecule has 21 nitrogen and oxygen atoms in total. The molecular formula is C52H57FN8O13S. The van der Waals surface area contributed by atoms with Gasteiger partial charge in [-0.05, 0) is 85.0 Å². The van der Waals surface area contributed by atoms with Crippen LogP contribution in [0.15, 0.2) is 101 Å².